The molecule has 1 amide bonds. The number of carbonyl (C=O) groups excluding carboxylic acids is 1. The highest BCUT2D eigenvalue weighted by molar-refractivity contribution is 7.99. The summed E-state index contributed by atoms with van der Waals surface area (Å²) in [6.45, 7) is 2.13. The fourth-order valence-electron chi connectivity index (χ4n) is 3.25. The predicted octanol–water partition coefficient (Wildman–Crippen LogP) is 2.88. The van der Waals surface area contributed by atoms with Crippen molar-refractivity contribution in [3.8, 4) is 17.2 Å². The number of fused-ring (bicyclic) bond motifs is 2. The molecule has 4 aromatic rings. The Kier molecular flexibility index (Phi) is 4.83. The van der Waals surface area contributed by atoms with Gasteiger partial charge in [-0.2, -0.15) is 5.10 Å². The molecule has 0 unspecified atom stereocenters. The maximum Gasteiger partial charge on any atom is 0.262 e. The molecule has 0 spiro atoms. The topological polar surface area (TPSA) is 111 Å². The van der Waals surface area contributed by atoms with Crippen molar-refractivity contribution in [3.05, 3.63) is 64.6 Å². The van der Waals surface area contributed by atoms with Crippen LogP contribution < -0.4 is 20.3 Å². The van der Waals surface area contributed by atoms with Gasteiger partial charge in [-0.05, 0) is 30.7 Å². The molecule has 0 atom stereocenters. The number of hydrogen-bond donors (Lipinski definition) is 2. The molecule has 0 aliphatic carbocycles. The van der Waals surface area contributed by atoms with Gasteiger partial charge < -0.3 is 19.8 Å². The number of aromatic amines is 1. The molecule has 1 aliphatic heterocycles. The maximum atomic E-state index is 12.5. The van der Waals surface area contributed by atoms with Gasteiger partial charge in [-0.3, -0.25) is 9.59 Å². The monoisotopic (exact) mass is 435 g/mol. The number of para-hydroxylation sites is 1. The molecule has 156 valence electrons. The number of rotatable bonds is 5. The Morgan fingerprint density at radius 1 is 1.23 bits per heavy atom. The molecule has 5 rings (SSSR count). The van der Waals surface area contributed by atoms with E-state index in [0.29, 0.717) is 33.4 Å². The molecule has 1 aliphatic rings. The van der Waals surface area contributed by atoms with Gasteiger partial charge in [0.25, 0.3) is 5.56 Å². The van der Waals surface area contributed by atoms with Gasteiger partial charge in [0.15, 0.2) is 22.3 Å². The SMILES string of the molecule is Cc1ccccc1-n1ncc2c(=O)[nH]c(SCC(=O)Nc3ccc4c(c3)OCO4)nc21. The van der Waals surface area contributed by atoms with Crippen LogP contribution in [0.3, 0.4) is 0 Å². The zero-order valence-corrected chi connectivity index (χ0v) is 17.2. The first-order chi connectivity index (χ1) is 15.1. The Hall–Kier alpha value is -3.79. The van der Waals surface area contributed by atoms with E-state index in [-0.39, 0.29) is 24.0 Å². The van der Waals surface area contributed by atoms with Crippen molar-refractivity contribution in [1.29, 1.82) is 0 Å². The van der Waals surface area contributed by atoms with Gasteiger partial charge in [0.05, 0.1) is 17.6 Å². The molecule has 31 heavy (non-hydrogen) atoms. The van der Waals surface area contributed by atoms with E-state index >= 15 is 0 Å². The Morgan fingerprint density at radius 2 is 2.06 bits per heavy atom. The fourth-order valence-corrected chi connectivity index (χ4v) is 3.91. The molecule has 2 aromatic heterocycles. The van der Waals surface area contributed by atoms with Crippen molar-refractivity contribution < 1.29 is 14.3 Å². The molecule has 0 saturated carbocycles. The number of nitrogens with one attached hydrogen (secondary N) is 2. The van der Waals surface area contributed by atoms with Crippen LogP contribution in [0.1, 0.15) is 5.56 Å². The predicted molar refractivity (Wildman–Crippen MR) is 116 cm³/mol. The zero-order chi connectivity index (χ0) is 21.4. The van der Waals surface area contributed by atoms with Crippen LogP contribution in [0.25, 0.3) is 16.7 Å². The first-order valence-corrected chi connectivity index (χ1v) is 10.4. The van der Waals surface area contributed by atoms with E-state index in [4.69, 9.17) is 9.47 Å². The van der Waals surface area contributed by atoms with Crippen molar-refractivity contribution in [2.45, 2.75) is 12.1 Å². The van der Waals surface area contributed by atoms with E-state index in [0.717, 1.165) is 23.0 Å². The Morgan fingerprint density at radius 3 is 2.94 bits per heavy atom. The summed E-state index contributed by atoms with van der Waals surface area (Å²) in [5.41, 5.74) is 2.59. The van der Waals surface area contributed by atoms with Crippen molar-refractivity contribution >= 4 is 34.4 Å². The lowest BCUT2D eigenvalue weighted by molar-refractivity contribution is -0.113. The van der Waals surface area contributed by atoms with E-state index in [9.17, 15) is 9.59 Å². The van der Waals surface area contributed by atoms with Crippen LogP contribution in [0.4, 0.5) is 5.69 Å². The van der Waals surface area contributed by atoms with Crippen LogP contribution in [0, 0.1) is 6.92 Å². The summed E-state index contributed by atoms with van der Waals surface area (Å²) in [5, 5.41) is 7.86. The second kappa shape index (κ2) is 7.80. The zero-order valence-electron chi connectivity index (χ0n) is 16.4. The average Bonchev–Trinajstić information content (AvgIpc) is 3.39. The molecule has 0 radical (unpaired) electrons. The summed E-state index contributed by atoms with van der Waals surface area (Å²) in [6, 6.07) is 12.9. The van der Waals surface area contributed by atoms with Gasteiger partial charge in [0.1, 0.15) is 5.39 Å². The molecule has 2 N–H and O–H groups in total. The minimum absolute atomic E-state index is 0.0708. The van der Waals surface area contributed by atoms with Crippen molar-refractivity contribution in [1.82, 2.24) is 19.7 Å². The van der Waals surface area contributed by atoms with Crippen molar-refractivity contribution in [2.75, 3.05) is 17.9 Å². The summed E-state index contributed by atoms with van der Waals surface area (Å²) in [6.07, 6.45) is 1.49. The summed E-state index contributed by atoms with van der Waals surface area (Å²) in [7, 11) is 0. The highest BCUT2D eigenvalue weighted by Crippen LogP contribution is 2.34. The van der Waals surface area contributed by atoms with Gasteiger partial charge in [-0.25, -0.2) is 9.67 Å². The minimum Gasteiger partial charge on any atom is -0.454 e. The van der Waals surface area contributed by atoms with E-state index in [1.165, 1.54) is 6.20 Å². The van der Waals surface area contributed by atoms with Crippen LogP contribution in [-0.4, -0.2) is 38.2 Å². The van der Waals surface area contributed by atoms with Gasteiger partial charge >= 0.3 is 0 Å². The van der Waals surface area contributed by atoms with E-state index in [1.807, 2.05) is 31.2 Å². The second-order valence-corrected chi connectivity index (χ2v) is 7.82. The molecule has 3 heterocycles. The normalized spacial score (nSPS) is 12.3. The first kappa shape index (κ1) is 19.2. The maximum absolute atomic E-state index is 12.5. The fraction of sp³-hybridized carbons (Fsp3) is 0.143. The molecule has 0 bridgehead atoms. The Balaban J connectivity index is 1.35. The molecule has 0 saturated heterocycles. The minimum atomic E-state index is -0.302. The molecule has 9 nitrogen and oxygen atoms in total. The standard InChI is InChI=1S/C21H17N5O4S/c1-12-4-2-3-5-15(12)26-19-14(9-22-26)20(28)25-21(24-19)31-10-18(27)23-13-6-7-16-17(8-13)30-11-29-16/h2-9H,10-11H2,1H3,(H,23,27)(H,24,25,28). The lowest BCUT2D eigenvalue weighted by Crippen LogP contribution is -2.15. The molecular weight excluding hydrogens is 418 g/mol. The van der Waals surface area contributed by atoms with Gasteiger partial charge in [0.2, 0.25) is 12.7 Å². The summed E-state index contributed by atoms with van der Waals surface area (Å²) in [5.74, 6) is 1.07. The highest BCUT2D eigenvalue weighted by atomic mass is 32.2. The van der Waals surface area contributed by atoms with Crippen molar-refractivity contribution in [3.63, 3.8) is 0 Å². The number of hydrogen-bond acceptors (Lipinski definition) is 7. The molecule has 0 fully saturated rings. The number of aromatic nitrogens is 4. The van der Waals surface area contributed by atoms with Crippen LogP contribution in [-0.2, 0) is 4.79 Å². The number of H-pyrrole nitrogens is 1. The summed E-state index contributed by atoms with van der Waals surface area (Å²) in [4.78, 5) is 32.1. The van der Waals surface area contributed by atoms with Gasteiger partial charge in [-0.15, -0.1) is 0 Å². The number of thioether (sulfide) groups is 1. The largest absolute Gasteiger partial charge is 0.454 e. The number of aryl methyl sites for hydroxylation is 1. The lowest BCUT2D eigenvalue weighted by Gasteiger charge is -2.08. The third-order valence-corrected chi connectivity index (χ3v) is 5.63. The number of carbonyl (C=O) groups is 1. The molecule has 2 aromatic carbocycles. The van der Waals surface area contributed by atoms with Gasteiger partial charge in [-0.1, -0.05) is 30.0 Å². The summed E-state index contributed by atoms with van der Waals surface area (Å²) >= 11 is 1.14. The van der Waals surface area contributed by atoms with Crippen LogP contribution in [0.2, 0.25) is 0 Å². The Labute approximate surface area is 180 Å². The summed E-state index contributed by atoms with van der Waals surface area (Å²) < 4.78 is 12.2. The number of nitrogens with zero attached hydrogens (tertiary/aromatic N) is 3. The average molecular weight is 435 g/mol. The smallest absolute Gasteiger partial charge is 0.262 e. The van der Waals surface area contributed by atoms with E-state index < -0.39 is 0 Å². The van der Waals surface area contributed by atoms with Crippen molar-refractivity contribution in [2.24, 2.45) is 0 Å². The third kappa shape index (κ3) is 3.73. The quantitative estimate of drug-likeness (QED) is 0.366. The van der Waals surface area contributed by atoms with E-state index in [2.05, 4.69) is 20.4 Å². The first-order valence-electron chi connectivity index (χ1n) is 9.45. The van der Waals surface area contributed by atoms with Crippen LogP contribution in [0.15, 0.2) is 58.6 Å². The van der Waals surface area contributed by atoms with Crippen LogP contribution in [0.5, 0.6) is 11.5 Å². The second-order valence-electron chi connectivity index (χ2n) is 6.86. The number of ether oxygens (including phenoxy) is 2. The van der Waals surface area contributed by atoms with Gasteiger partial charge in [0, 0.05) is 11.8 Å². The third-order valence-electron chi connectivity index (χ3n) is 4.76. The molecule has 10 heteroatoms. The highest BCUT2D eigenvalue weighted by Gasteiger charge is 2.16. The lowest BCUT2D eigenvalue weighted by atomic mass is 10.2. The number of amides is 1. The molecular formula is C21H17N5O4S. The van der Waals surface area contributed by atoms with E-state index in [1.54, 1.807) is 22.9 Å². The Bertz CT molecular complexity index is 1360. The van der Waals surface area contributed by atoms with Crippen LogP contribution >= 0.6 is 11.8 Å². The number of anilines is 1. The number of benzene rings is 2.